The summed E-state index contributed by atoms with van der Waals surface area (Å²) in [6.07, 6.45) is 4.82. The van der Waals surface area contributed by atoms with Crippen LogP contribution in [0.5, 0.6) is 0 Å². The highest BCUT2D eigenvalue weighted by Gasteiger charge is 2.22. The fraction of sp³-hybridized carbons (Fsp3) is 0.536. The number of likely N-dealkylation sites (tertiary alicyclic amines) is 1. The van der Waals surface area contributed by atoms with Crippen LogP contribution < -0.4 is 9.80 Å². The molecule has 1 aromatic carbocycles. The van der Waals surface area contributed by atoms with Crippen LogP contribution in [0.4, 0.5) is 11.5 Å². The molecule has 0 aliphatic carbocycles. The fourth-order valence-corrected chi connectivity index (χ4v) is 5.70. The first-order valence-electron chi connectivity index (χ1n) is 13.2. The predicted molar refractivity (Wildman–Crippen MR) is 141 cm³/mol. The lowest BCUT2D eigenvalue weighted by molar-refractivity contribution is 0.122. The Hall–Kier alpha value is -2.61. The fourth-order valence-electron chi connectivity index (χ4n) is 5.70. The zero-order valence-electron chi connectivity index (χ0n) is 20.9. The molecule has 0 radical (unpaired) electrons. The molecule has 3 aliphatic rings. The smallest absolute Gasteiger partial charge is 0.138 e. The molecule has 3 saturated heterocycles. The second-order valence-electron chi connectivity index (χ2n) is 10.2. The molecule has 186 valence electrons. The zero-order valence-corrected chi connectivity index (χ0v) is 20.9. The van der Waals surface area contributed by atoms with Gasteiger partial charge in [0.2, 0.25) is 0 Å². The third-order valence-electron chi connectivity index (χ3n) is 7.87. The third kappa shape index (κ3) is 4.90. The Balaban J connectivity index is 1.38. The van der Waals surface area contributed by atoms with Gasteiger partial charge in [0, 0.05) is 55.6 Å². The van der Waals surface area contributed by atoms with Crippen molar-refractivity contribution < 1.29 is 9.47 Å². The van der Waals surface area contributed by atoms with Crippen molar-refractivity contribution in [1.29, 1.82) is 0 Å². The number of hydrogen-bond acceptors (Lipinski definition) is 6. The summed E-state index contributed by atoms with van der Waals surface area (Å²) in [5, 5.41) is 1.26. The van der Waals surface area contributed by atoms with E-state index in [2.05, 4.69) is 68.9 Å². The van der Waals surface area contributed by atoms with Crippen LogP contribution >= 0.6 is 0 Å². The number of ether oxygens (including phenoxy) is 2. The summed E-state index contributed by atoms with van der Waals surface area (Å²) in [7, 11) is 2.23. The highest BCUT2D eigenvalue weighted by atomic mass is 16.5. The van der Waals surface area contributed by atoms with Crippen molar-refractivity contribution in [2.24, 2.45) is 5.92 Å². The third-order valence-corrected chi connectivity index (χ3v) is 7.87. The lowest BCUT2D eigenvalue weighted by atomic mass is 9.97. The summed E-state index contributed by atoms with van der Waals surface area (Å²) in [6.45, 7) is 10.2. The number of fused-ring (bicyclic) bond motifs is 1. The first-order chi connectivity index (χ1) is 17.2. The number of hydrogen-bond donors (Lipinski definition) is 0. The van der Waals surface area contributed by atoms with E-state index < -0.39 is 0 Å². The van der Waals surface area contributed by atoms with Gasteiger partial charge in [-0.15, -0.1) is 0 Å². The number of benzene rings is 1. The van der Waals surface area contributed by atoms with E-state index in [0.29, 0.717) is 0 Å². The average molecular weight is 476 g/mol. The molecule has 3 fully saturated rings. The Labute approximate surface area is 208 Å². The van der Waals surface area contributed by atoms with Crippen molar-refractivity contribution in [3.63, 3.8) is 0 Å². The van der Waals surface area contributed by atoms with Crippen LogP contribution in [0.15, 0.2) is 42.6 Å². The summed E-state index contributed by atoms with van der Waals surface area (Å²) in [4.78, 5) is 12.5. The van der Waals surface area contributed by atoms with Crippen LogP contribution in [0.1, 0.15) is 12.8 Å². The summed E-state index contributed by atoms with van der Waals surface area (Å²) >= 11 is 0. The molecule has 0 spiro atoms. The number of rotatable bonds is 5. The van der Waals surface area contributed by atoms with Crippen molar-refractivity contribution in [3.8, 4) is 11.3 Å². The van der Waals surface area contributed by atoms with Crippen LogP contribution in [-0.4, -0.2) is 87.2 Å². The lowest BCUT2D eigenvalue weighted by Gasteiger charge is -2.30. The van der Waals surface area contributed by atoms with Gasteiger partial charge < -0.3 is 28.7 Å². The lowest BCUT2D eigenvalue weighted by Crippen LogP contribution is -2.37. The molecule has 3 aliphatic heterocycles. The number of anilines is 2. The molecule has 0 atom stereocenters. The van der Waals surface area contributed by atoms with Crippen LogP contribution in [0, 0.1) is 5.92 Å². The Morgan fingerprint density at radius 3 is 2.31 bits per heavy atom. The van der Waals surface area contributed by atoms with Crippen molar-refractivity contribution >= 4 is 22.4 Å². The molecule has 2 aromatic heterocycles. The molecule has 6 rings (SSSR count). The van der Waals surface area contributed by atoms with Gasteiger partial charge in [-0.1, -0.05) is 12.1 Å². The van der Waals surface area contributed by atoms with E-state index in [1.165, 1.54) is 48.1 Å². The SMILES string of the molecule is CN1CCC(Cn2ccc3c(N4CCOCC4)nc(-c4cccc(N5CCOCC5)c4)cc32)CC1. The number of morpholine rings is 2. The molecule has 7 heteroatoms. The number of piperidine rings is 1. The molecule has 0 unspecified atom stereocenters. The maximum atomic E-state index is 5.65. The van der Waals surface area contributed by atoms with Gasteiger partial charge in [-0.2, -0.15) is 0 Å². The molecule has 0 N–H and O–H groups in total. The molecular weight excluding hydrogens is 438 g/mol. The molecule has 5 heterocycles. The topological polar surface area (TPSA) is 46.0 Å². The first kappa shape index (κ1) is 22.8. The molecule has 0 bridgehead atoms. The number of pyridine rings is 1. The van der Waals surface area contributed by atoms with E-state index >= 15 is 0 Å². The summed E-state index contributed by atoms with van der Waals surface area (Å²) in [5.41, 5.74) is 4.78. The van der Waals surface area contributed by atoms with Gasteiger partial charge in [-0.05, 0) is 63.2 Å². The van der Waals surface area contributed by atoms with E-state index in [9.17, 15) is 0 Å². The van der Waals surface area contributed by atoms with E-state index in [4.69, 9.17) is 14.5 Å². The van der Waals surface area contributed by atoms with Gasteiger partial charge in [-0.3, -0.25) is 0 Å². The summed E-state index contributed by atoms with van der Waals surface area (Å²) < 4.78 is 13.7. The minimum absolute atomic E-state index is 0.731. The highest BCUT2D eigenvalue weighted by molar-refractivity contribution is 5.94. The summed E-state index contributed by atoms with van der Waals surface area (Å²) in [6, 6.07) is 13.5. The molecular formula is C28H37N5O2. The minimum atomic E-state index is 0.731. The minimum Gasteiger partial charge on any atom is -0.378 e. The van der Waals surface area contributed by atoms with Gasteiger partial charge in [0.05, 0.1) is 37.6 Å². The van der Waals surface area contributed by atoms with E-state index in [1.54, 1.807) is 0 Å². The van der Waals surface area contributed by atoms with E-state index in [0.717, 1.165) is 76.6 Å². The molecule has 0 amide bonds. The maximum absolute atomic E-state index is 5.65. The zero-order chi connectivity index (χ0) is 23.6. The molecule has 3 aromatic rings. The predicted octanol–water partition coefficient (Wildman–Crippen LogP) is 3.72. The van der Waals surface area contributed by atoms with Crippen molar-refractivity contribution in [2.75, 3.05) is 82.5 Å². The summed E-state index contributed by atoms with van der Waals surface area (Å²) in [5.74, 6) is 1.83. The number of nitrogens with zero attached hydrogens (tertiary/aromatic N) is 5. The van der Waals surface area contributed by atoms with Gasteiger partial charge >= 0.3 is 0 Å². The van der Waals surface area contributed by atoms with Crippen LogP contribution in [0.3, 0.4) is 0 Å². The number of aromatic nitrogens is 2. The van der Waals surface area contributed by atoms with Gasteiger partial charge in [0.1, 0.15) is 5.82 Å². The average Bonchev–Trinajstić information content (AvgIpc) is 3.33. The van der Waals surface area contributed by atoms with Gasteiger partial charge in [0.25, 0.3) is 0 Å². The van der Waals surface area contributed by atoms with E-state index in [1.807, 2.05) is 0 Å². The Kier molecular flexibility index (Phi) is 6.63. The molecule has 35 heavy (non-hydrogen) atoms. The van der Waals surface area contributed by atoms with E-state index in [-0.39, 0.29) is 0 Å². The van der Waals surface area contributed by atoms with Crippen molar-refractivity contribution in [2.45, 2.75) is 19.4 Å². The van der Waals surface area contributed by atoms with Gasteiger partial charge in [-0.25, -0.2) is 4.98 Å². The van der Waals surface area contributed by atoms with Crippen molar-refractivity contribution in [1.82, 2.24) is 14.5 Å². The molecule has 0 saturated carbocycles. The largest absolute Gasteiger partial charge is 0.378 e. The van der Waals surface area contributed by atoms with Gasteiger partial charge in [0.15, 0.2) is 0 Å². The second-order valence-corrected chi connectivity index (χ2v) is 10.2. The second kappa shape index (κ2) is 10.2. The normalized spacial score (nSPS) is 20.6. The monoisotopic (exact) mass is 475 g/mol. The van der Waals surface area contributed by atoms with Crippen LogP contribution in [0.25, 0.3) is 22.2 Å². The Morgan fingerprint density at radius 2 is 1.57 bits per heavy atom. The maximum Gasteiger partial charge on any atom is 0.138 e. The van der Waals surface area contributed by atoms with Crippen molar-refractivity contribution in [3.05, 3.63) is 42.6 Å². The molecule has 7 nitrogen and oxygen atoms in total. The Morgan fingerprint density at radius 1 is 0.857 bits per heavy atom. The Bertz CT molecular complexity index is 1140. The highest BCUT2D eigenvalue weighted by Crippen LogP contribution is 2.34. The standard InChI is InChI=1S/C28H37N5O2/c1-30-8-5-22(6-9-30)21-33-10-7-25-27(33)20-26(29-28(25)32-13-17-35-18-14-32)23-3-2-4-24(19-23)31-11-15-34-16-12-31/h2-4,7,10,19-20,22H,5-6,8-9,11-18,21H2,1H3. The first-order valence-corrected chi connectivity index (χ1v) is 13.2. The quantitative estimate of drug-likeness (QED) is 0.561. The van der Waals surface area contributed by atoms with Crippen LogP contribution in [-0.2, 0) is 16.0 Å². The van der Waals surface area contributed by atoms with Crippen LogP contribution in [0.2, 0.25) is 0 Å².